The fraction of sp³-hybridized carbons (Fsp3) is 0.310. The number of thiazole rings is 1. The molecule has 0 spiro atoms. The monoisotopic (exact) mass is 617 g/mol. The average molecular weight is 619 g/mol. The molecule has 1 N–H and O–H groups in total. The molecule has 5 aromatic rings. The lowest BCUT2D eigenvalue weighted by Gasteiger charge is -2.26. The quantitative estimate of drug-likeness (QED) is 0.228. The largest absolute Gasteiger partial charge is 0.379 e. The van der Waals surface area contributed by atoms with Gasteiger partial charge in [0.1, 0.15) is 10.7 Å². The van der Waals surface area contributed by atoms with Gasteiger partial charge in [-0.25, -0.2) is 4.98 Å². The predicted octanol–water partition coefficient (Wildman–Crippen LogP) is 5.97. The zero-order chi connectivity index (χ0) is 27.1. The molecule has 0 bridgehead atoms. The van der Waals surface area contributed by atoms with Crippen LogP contribution in [-0.2, 0) is 25.4 Å². The molecular weight excluding hydrogens is 589 g/mol. The molecule has 1 saturated heterocycles. The van der Waals surface area contributed by atoms with Crippen molar-refractivity contribution in [2.45, 2.75) is 6.54 Å². The first-order valence-electron chi connectivity index (χ1n) is 12.9. The van der Waals surface area contributed by atoms with Gasteiger partial charge in [0, 0.05) is 84.7 Å². The highest BCUT2D eigenvalue weighted by Gasteiger charge is 2.18. The summed E-state index contributed by atoms with van der Waals surface area (Å²) in [6, 6.07) is 13.5. The fourth-order valence-corrected chi connectivity index (χ4v) is 6.62. The van der Waals surface area contributed by atoms with Crippen molar-refractivity contribution in [1.82, 2.24) is 24.3 Å². The Labute approximate surface area is 252 Å². The van der Waals surface area contributed by atoms with Gasteiger partial charge >= 0.3 is 0 Å². The average Bonchev–Trinajstić information content (AvgIpc) is 3.52. The maximum absolute atomic E-state index is 13.4. The van der Waals surface area contributed by atoms with Crippen molar-refractivity contribution in [2.24, 2.45) is 14.1 Å². The first-order valence-corrected chi connectivity index (χ1v) is 14.6. The van der Waals surface area contributed by atoms with E-state index < -0.39 is 0 Å². The van der Waals surface area contributed by atoms with Crippen LogP contribution in [0.15, 0.2) is 52.6 Å². The lowest BCUT2D eigenvalue weighted by Crippen LogP contribution is -2.40. The van der Waals surface area contributed by atoms with Crippen LogP contribution in [0.4, 0.5) is 0 Å². The van der Waals surface area contributed by atoms with Gasteiger partial charge in [0.2, 0.25) is 0 Å². The predicted molar refractivity (Wildman–Crippen MR) is 168 cm³/mol. The minimum atomic E-state index is -0.108. The van der Waals surface area contributed by atoms with Gasteiger partial charge < -0.3 is 14.6 Å². The fourth-order valence-electron chi connectivity index (χ4n) is 5.33. The van der Waals surface area contributed by atoms with Crippen LogP contribution in [0.1, 0.15) is 5.01 Å². The molecule has 2 aromatic carbocycles. The van der Waals surface area contributed by atoms with E-state index in [9.17, 15) is 4.79 Å². The summed E-state index contributed by atoms with van der Waals surface area (Å²) in [4.78, 5) is 20.7. The molecule has 0 saturated carbocycles. The molecule has 0 atom stereocenters. The van der Waals surface area contributed by atoms with Crippen molar-refractivity contribution >= 4 is 68.9 Å². The van der Waals surface area contributed by atoms with Gasteiger partial charge in [-0.2, -0.15) is 0 Å². The third-order valence-electron chi connectivity index (χ3n) is 7.40. The Kier molecular flexibility index (Phi) is 8.87. The van der Waals surface area contributed by atoms with Crippen molar-refractivity contribution in [2.75, 3.05) is 39.4 Å². The van der Waals surface area contributed by atoms with Crippen LogP contribution in [0, 0.1) is 0 Å². The normalized spacial score (nSPS) is 14.2. The van der Waals surface area contributed by atoms with Gasteiger partial charge in [0.25, 0.3) is 5.56 Å². The van der Waals surface area contributed by atoms with Gasteiger partial charge in [0.05, 0.1) is 29.4 Å². The Morgan fingerprint density at radius 3 is 2.58 bits per heavy atom. The van der Waals surface area contributed by atoms with E-state index in [0.29, 0.717) is 21.2 Å². The summed E-state index contributed by atoms with van der Waals surface area (Å²) in [5.41, 5.74) is 5.00. The Morgan fingerprint density at radius 1 is 1.00 bits per heavy atom. The molecule has 1 aliphatic rings. The zero-order valence-electron chi connectivity index (χ0n) is 22.2. The number of nitrogens with zero attached hydrogens (tertiary/aromatic N) is 4. The van der Waals surface area contributed by atoms with Crippen molar-refractivity contribution < 1.29 is 4.74 Å². The number of benzene rings is 2. The summed E-state index contributed by atoms with van der Waals surface area (Å²) in [6.07, 6.45) is 0. The molecule has 1 fully saturated rings. The number of fused-ring (bicyclic) bond motifs is 3. The van der Waals surface area contributed by atoms with Crippen LogP contribution in [0.5, 0.6) is 0 Å². The second kappa shape index (κ2) is 12.2. The van der Waals surface area contributed by atoms with Crippen LogP contribution in [-0.4, -0.2) is 58.4 Å². The van der Waals surface area contributed by atoms with Gasteiger partial charge in [0.15, 0.2) is 0 Å². The Hall–Kier alpha value is -2.43. The molecule has 0 aliphatic carbocycles. The molecule has 40 heavy (non-hydrogen) atoms. The number of ether oxygens (including phenoxy) is 1. The number of nitrogens with one attached hydrogen (secondary N) is 1. The summed E-state index contributed by atoms with van der Waals surface area (Å²) in [5.74, 6) is 0. The molecular formula is C29H30Cl3N5O2S. The molecule has 210 valence electrons. The highest BCUT2D eigenvalue weighted by Crippen LogP contribution is 2.35. The van der Waals surface area contributed by atoms with E-state index in [4.69, 9.17) is 32.9 Å². The molecule has 3 aromatic heterocycles. The van der Waals surface area contributed by atoms with E-state index in [1.165, 1.54) is 0 Å². The molecule has 0 unspecified atom stereocenters. The third kappa shape index (κ3) is 5.54. The van der Waals surface area contributed by atoms with Crippen molar-refractivity contribution in [3.05, 3.63) is 73.3 Å². The number of morpholine rings is 1. The molecule has 0 amide bonds. The van der Waals surface area contributed by atoms with E-state index in [1.54, 1.807) is 41.2 Å². The number of halogens is 3. The van der Waals surface area contributed by atoms with E-state index in [1.807, 2.05) is 13.1 Å². The van der Waals surface area contributed by atoms with Crippen LogP contribution >= 0.6 is 46.9 Å². The van der Waals surface area contributed by atoms with Crippen LogP contribution in [0.2, 0.25) is 10.0 Å². The Bertz CT molecular complexity index is 1740. The first kappa shape index (κ1) is 29.1. The van der Waals surface area contributed by atoms with E-state index in [-0.39, 0.29) is 18.0 Å². The topological polar surface area (TPSA) is 64.3 Å². The van der Waals surface area contributed by atoms with E-state index >= 15 is 0 Å². The summed E-state index contributed by atoms with van der Waals surface area (Å²) in [6.45, 7) is 6.34. The standard InChI is InChI=1S/C29H29Cl2N5O2S.ClH/c1-34-26-6-3-18(25-17-39-27(33-25)16-32-7-8-36-9-11-38-12-10-36)13-21(26)22-15-23(29(37)35(2)28(22)34)20-5-4-19(30)14-24(20)31;/h3-6,13-15,17,32H,7-12,16H2,1-2H3;1H. The Balaban J connectivity index is 0.00000323. The summed E-state index contributed by atoms with van der Waals surface area (Å²) in [7, 11) is 3.79. The number of pyridine rings is 1. The van der Waals surface area contributed by atoms with Crippen LogP contribution in [0.25, 0.3) is 44.3 Å². The molecule has 11 heteroatoms. The Morgan fingerprint density at radius 2 is 1.80 bits per heavy atom. The van der Waals surface area contributed by atoms with Crippen LogP contribution in [0.3, 0.4) is 0 Å². The highest BCUT2D eigenvalue weighted by molar-refractivity contribution is 7.09. The molecule has 6 rings (SSSR count). The van der Waals surface area contributed by atoms with Gasteiger partial charge in [-0.3, -0.25) is 14.3 Å². The lowest BCUT2D eigenvalue weighted by atomic mass is 10.0. The van der Waals surface area contributed by atoms with E-state index in [0.717, 1.165) is 84.1 Å². The minimum absolute atomic E-state index is 0. The summed E-state index contributed by atoms with van der Waals surface area (Å²) in [5, 5.41) is 9.73. The highest BCUT2D eigenvalue weighted by atomic mass is 35.5. The molecule has 0 radical (unpaired) electrons. The molecule has 4 heterocycles. The van der Waals surface area contributed by atoms with Gasteiger partial charge in [-0.1, -0.05) is 35.3 Å². The second-order valence-electron chi connectivity index (χ2n) is 9.83. The van der Waals surface area contributed by atoms with Crippen molar-refractivity contribution in [1.29, 1.82) is 0 Å². The maximum Gasteiger partial charge on any atom is 0.259 e. The van der Waals surface area contributed by atoms with Crippen LogP contribution < -0.4 is 10.9 Å². The van der Waals surface area contributed by atoms with Crippen molar-refractivity contribution in [3.63, 3.8) is 0 Å². The number of hydrogen-bond acceptors (Lipinski definition) is 6. The van der Waals surface area contributed by atoms with Crippen molar-refractivity contribution in [3.8, 4) is 22.4 Å². The van der Waals surface area contributed by atoms with Gasteiger partial charge in [-0.05, 0) is 30.3 Å². The molecule has 1 aliphatic heterocycles. The number of hydrogen-bond donors (Lipinski definition) is 1. The first-order chi connectivity index (χ1) is 18.9. The number of aryl methyl sites for hydroxylation is 2. The van der Waals surface area contributed by atoms with E-state index in [2.05, 4.69) is 38.4 Å². The smallest absolute Gasteiger partial charge is 0.259 e. The third-order valence-corrected chi connectivity index (χ3v) is 8.80. The maximum atomic E-state index is 13.4. The lowest BCUT2D eigenvalue weighted by molar-refractivity contribution is 0.0384. The molecule has 7 nitrogen and oxygen atoms in total. The second-order valence-corrected chi connectivity index (χ2v) is 11.6. The summed E-state index contributed by atoms with van der Waals surface area (Å²) >= 11 is 14.3. The minimum Gasteiger partial charge on any atom is -0.379 e. The zero-order valence-corrected chi connectivity index (χ0v) is 25.4. The number of rotatable bonds is 7. The van der Waals surface area contributed by atoms with Gasteiger partial charge in [-0.15, -0.1) is 23.7 Å². The number of aromatic nitrogens is 3. The SMILES string of the molecule is Cl.Cn1c(=O)c(-c2ccc(Cl)cc2Cl)cc2c3cc(-c4csc(CNCCN5CCOCC5)n4)ccc3n(C)c21. The summed E-state index contributed by atoms with van der Waals surface area (Å²) < 4.78 is 9.18.